The van der Waals surface area contributed by atoms with Crippen molar-refractivity contribution >= 4 is 6.21 Å². The Bertz CT molecular complexity index is 1840. The van der Waals surface area contributed by atoms with Gasteiger partial charge >= 0.3 is 0 Å². The molecule has 0 saturated carbocycles. The molecule has 0 bridgehead atoms. The minimum Gasteiger partial charge on any atom is -0.293 e. The van der Waals surface area contributed by atoms with Crippen LogP contribution in [0.1, 0.15) is 102 Å². The van der Waals surface area contributed by atoms with Crippen molar-refractivity contribution < 1.29 is 13.7 Å². The van der Waals surface area contributed by atoms with Gasteiger partial charge in [-0.05, 0) is 145 Å². The van der Waals surface area contributed by atoms with Gasteiger partial charge in [-0.3, -0.25) is 4.99 Å². The number of hydrogen-bond donors (Lipinski definition) is 0. The quantitative estimate of drug-likeness (QED) is 0.0432. The van der Waals surface area contributed by atoms with E-state index in [1.54, 1.807) is 5.56 Å². The molecule has 0 atom stereocenters. The summed E-state index contributed by atoms with van der Waals surface area (Å²) in [4.78, 5) is 4.77. The van der Waals surface area contributed by atoms with Crippen molar-refractivity contribution in [3.05, 3.63) is 146 Å². The lowest BCUT2D eigenvalue weighted by Crippen LogP contribution is -2.34. The van der Waals surface area contributed by atoms with Crippen LogP contribution in [0.2, 0.25) is 0 Å². The molecule has 3 aromatic heterocycles. The number of allylic oxidation sites excluding steroid dienone is 4. The second-order valence-corrected chi connectivity index (χ2v) is 14.8. The van der Waals surface area contributed by atoms with Gasteiger partial charge in [0, 0.05) is 66.9 Å². The first-order valence-electron chi connectivity index (χ1n) is 19.4. The molecule has 4 rings (SSSR count). The van der Waals surface area contributed by atoms with Crippen molar-refractivity contribution in [3.63, 3.8) is 0 Å². The fourth-order valence-electron chi connectivity index (χ4n) is 6.65. The van der Waals surface area contributed by atoms with E-state index in [1.807, 2.05) is 6.21 Å². The minimum absolute atomic E-state index is 0.851. The molecule has 0 N–H and O–H groups in total. The summed E-state index contributed by atoms with van der Waals surface area (Å²) >= 11 is 0. The molecule has 0 radical (unpaired) electrons. The highest BCUT2D eigenvalue weighted by Gasteiger charge is 2.14. The Hall–Kier alpha value is -4.18. The molecule has 3 heterocycles. The highest BCUT2D eigenvalue weighted by molar-refractivity contribution is 5.73. The summed E-state index contributed by atoms with van der Waals surface area (Å²) in [5.74, 6) is 0. The summed E-state index contributed by atoms with van der Waals surface area (Å²) in [7, 11) is 0. The fraction of sp³-hybridized carbons (Fsp3) is 0.447. The van der Waals surface area contributed by atoms with E-state index in [4.69, 9.17) is 4.99 Å². The van der Waals surface area contributed by atoms with Gasteiger partial charge in [-0.2, -0.15) is 0 Å². The Morgan fingerprint density at radius 2 is 0.902 bits per heavy atom. The second-order valence-electron chi connectivity index (χ2n) is 14.8. The van der Waals surface area contributed by atoms with Crippen LogP contribution < -0.4 is 13.7 Å². The van der Waals surface area contributed by atoms with E-state index in [0.29, 0.717) is 0 Å². The van der Waals surface area contributed by atoms with Gasteiger partial charge in [0.05, 0.1) is 0 Å². The number of pyridine rings is 3. The van der Waals surface area contributed by atoms with Gasteiger partial charge in [0.25, 0.3) is 0 Å². The molecular weight excluding hydrogens is 621 g/mol. The molecule has 0 aliphatic heterocycles. The molecule has 1 aromatic carbocycles. The van der Waals surface area contributed by atoms with Gasteiger partial charge in [-0.15, -0.1) is 0 Å². The van der Waals surface area contributed by atoms with E-state index in [9.17, 15) is 0 Å². The Labute approximate surface area is 310 Å². The molecule has 51 heavy (non-hydrogen) atoms. The molecule has 4 aromatic rings. The summed E-state index contributed by atoms with van der Waals surface area (Å²) in [5.41, 5.74) is 16.9. The van der Waals surface area contributed by atoms with Gasteiger partial charge in [0.1, 0.15) is 19.6 Å². The summed E-state index contributed by atoms with van der Waals surface area (Å²) in [6.07, 6.45) is 28.8. The molecule has 0 unspecified atom stereocenters. The highest BCUT2D eigenvalue weighted by atomic mass is 14.9. The van der Waals surface area contributed by atoms with Crippen molar-refractivity contribution in [3.8, 4) is 0 Å². The zero-order chi connectivity index (χ0) is 36.8. The molecular formula is C47H65N4+3. The molecule has 0 spiro atoms. The van der Waals surface area contributed by atoms with Crippen LogP contribution in [0.25, 0.3) is 0 Å². The van der Waals surface area contributed by atoms with Crippen LogP contribution in [0.5, 0.6) is 0 Å². The molecule has 4 nitrogen and oxygen atoms in total. The Morgan fingerprint density at radius 1 is 0.529 bits per heavy atom. The zero-order valence-corrected chi connectivity index (χ0v) is 33.4. The van der Waals surface area contributed by atoms with Crippen LogP contribution in [0.4, 0.5) is 0 Å². The first-order valence-corrected chi connectivity index (χ1v) is 19.4. The van der Waals surface area contributed by atoms with Crippen molar-refractivity contribution in [2.45, 2.75) is 133 Å². The van der Waals surface area contributed by atoms with Crippen LogP contribution in [-0.2, 0) is 45.3 Å². The maximum Gasteiger partial charge on any atom is 0.171 e. The first kappa shape index (κ1) is 39.6. The monoisotopic (exact) mass is 686 g/mol. The van der Waals surface area contributed by atoms with Crippen molar-refractivity contribution in [2.24, 2.45) is 4.99 Å². The maximum absolute atomic E-state index is 4.77. The second kappa shape index (κ2) is 20.0. The molecule has 270 valence electrons. The van der Waals surface area contributed by atoms with Gasteiger partial charge in [0.2, 0.25) is 0 Å². The number of aromatic nitrogens is 3. The summed E-state index contributed by atoms with van der Waals surface area (Å²) in [6.45, 7) is 23.6. The third kappa shape index (κ3) is 12.5. The number of nitrogens with zero attached hydrogens (tertiary/aromatic N) is 4. The minimum atomic E-state index is 0.851. The Balaban J connectivity index is 1.56. The Kier molecular flexibility index (Phi) is 15.5. The molecule has 4 heteroatoms. The normalized spacial score (nSPS) is 12.3. The van der Waals surface area contributed by atoms with E-state index in [2.05, 4.69) is 156 Å². The third-order valence-corrected chi connectivity index (χ3v) is 10.8. The highest BCUT2D eigenvalue weighted by Crippen LogP contribution is 2.24. The molecule has 0 saturated heterocycles. The molecule has 0 amide bonds. The molecule has 0 aliphatic rings. The lowest BCUT2D eigenvalue weighted by atomic mass is 9.89. The lowest BCUT2D eigenvalue weighted by Gasteiger charge is -2.17. The zero-order valence-electron chi connectivity index (χ0n) is 33.4. The standard InChI is InChI=1S/C47H65N4/c1-10-36(2)37(3)19-24-48-23-11-15-44-31-46(17-13-26-50-29-21-39(5)42(8)34-50)47(18-14-27-51-30-22-40(6)43(9)35-51)32-45(44)16-12-25-49-28-20-38(4)41(7)33-49/h10,19-22,24,28-35H,11-18,23,25-27H2,1-9H3/q+3/b36-10-,37-19-,48-24+. The lowest BCUT2D eigenvalue weighted by molar-refractivity contribution is -0.697. The van der Waals surface area contributed by atoms with Crippen LogP contribution >= 0.6 is 0 Å². The molecule has 0 aliphatic carbocycles. The Morgan fingerprint density at radius 3 is 1.25 bits per heavy atom. The maximum atomic E-state index is 4.77. The predicted molar refractivity (Wildman–Crippen MR) is 215 cm³/mol. The van der Waals surface area contributed by atoms with Gasteiger partial charge in [0.15, 0.2) is 37.2 Å². The van der Waals surface area contributed by atoms with Gasteiger partial charge < -0.3 is 0 Å². The van der Waals surface area contributed by atoms with Crippen molar-refractivity contribution in [1.82, 2.24) is 0 Å². The van der Waals surface area contributed by atoms with E-state index in [-0.39, 0.29) is 0 Å². The van der Waals surface area contributed by atoms with E-state index < -0.39 is 0 Å². The topological polar surface area (TPSA) is 24.0 Å². The first-order chi connectivity index (χ1) is 24.5. The van der Waals surface area contributed by atoms with Crippen LogP contribution in [0.15, 0.2) is 95.8 Å². The number of rotatable bonds is 18. The number of aryl methyl sites for hydroxylation is 13. The van der Waals surface area contributed by atoms with Gasteiger partial charge in [-0.1, -0.05) is 23.8 Å². The number of hydrogen-bond acceptors (Lipinski definition) is 1. The largest absolute Gasteiger partial charge is 0.293 e. The van der Waals surface area contributed by atoms with Gasteiger partial charge in [-0.25, -0.2) is 13.7 Å². The number of aliphatic imine (C=N–C) groups is 1. The SMILES string of the molecule is C\C=C(C)/C(C)=C\C=N\CCCc1cc(CCC[n+]2ccc(C)c(C)c2)c(CCC[n+]2ccc(C)c(C)c2)cc1CCC[n+]1ccc(C)c(C)c1. The van der Waals surface area contributed by atoms with Crippen molar-refractivity contribution in [1.29, 1.82) is 0 Å². The smallest absolute Gasteiger partial charge is 0.171 e. The summed E-state index contributed by atoms with van der Waals surface area (Å²) < 4.78 is 7.09. The van der Waals surface area contributed by atoms with E-state index in [0.717, 1.165) is 77.5 Å². The third-order valence-electron chi connectivity index (χ3n) is 10.8. The number of benzene rings is 1. The molecule has 0 fully saturated rings. The predicted octanol–water partition coefficient (Wildman–Crippen LogP) is 9.21. The van der Waals surface area contributed by atoms with E-state index in [1.165, 1.54) is 61.2 Å². The fourth-order valence-corrected chi connectivity index (χ4v) is 6.65. The van der Waals surface area contributed by atoms with E-state index >= 15 is 0 Å². The summed E-state index contributed by atoms with van der Waals surface area (Å²) in [5, 5.41) is 0. The van der Waals surface area contributed by atoms with Crippen LogP contribution in [0.3, 0.4) is 0 Å². The van der Waals surface area contributed by atoms with Crippen LogP contribution in [0, 0.1) is 41.5 Å². The average molecular weight is 686 g/mol. The summed E-state index contributed by atoms with van der Waals surface area (Å²) in [6, 6.07) is 11.9. The van der Waals surface area contributed by atoms with Crippen molar-refractivity contribution in [2.75, 3.05) is 6.54 Å². The van der Waals surface area contributed by atoms with Crippen LogP contribution in [-0.4, -0.2) is 12.8 Å². The average Bonchev–Trinajstić information content (AvgIpc) is 3.11.